The molecule has 1 fully saturated rings. The number of hydrogen-bond donors (Lipinski definition) is 1. The lowest BCUT2D eigenvalue weighted by atomic mass is 9.99. The summed E-state index contributed by atoms with van der Waals surface area (Å²) < 4.78 is 5.34. The minimum Gasteiger partial charge on any atom is -0.389 e. The molecule has 0 radical (unpaired) electrons. The van der Waals surface area contributed by atoms with Crippen molar-refractivity contribution in [1.29, 1.82) is 0 Å². The molecule has 0 bridgehead atoms. The first-order valence-corrected chi connectivity index (χ1v) is 7.24. The summed E-state index contributed by atoms with van der Waals surface area (Å²) in [6, 6.07) is 4.92. The molecule has 2 rings (SSSR count). The van der Waals surface area contributed by atoms with Crippen LogP contribution in [-0.2, 0) is 4.74 Å². The van der Waals surface area contributed by atoms with Gasteiger partial charge in [0.05, 0.1) is 11.0 Å². The molecular formula is C15H22N2O4. The first-order chi connectivity index (χ1) is 9.99. The smallest absolute Gasteiger partial charge is 0.292 e. The van der Waals surface area contributed by atoms with E-state index < -0.39 is 6.10 Å². The Morgan fingerprint density at radius 3 is 2.71 bits per heavy atom. The zero-order chi connectivity index (χ0) is 15.4. The summed E-state index contributed by atoms with van der Waals surface area (Å²) in [6.45, 7) is 3.91. The fraction of sp³-hybridized carbons (Fsp3) is 0.600. The molecule has 0 aromatic heterocycles. The molecule has 6 heteroatoms. The van der Waals surface area contributed by atoms with Gasteiger partial charge in [-0.15, -0.1) is 0 Å². The highest BCUT2D eigenvalue weighted by Crippen LogP contribution is 2.31. The Bertz CT molecular complexity index is 498. The highest BCUT2D eigenvalue weighted by Gasteiger charge is 2.22. The molecule has 0 saturated carbocycles. The molecule has 1 aliphatic heterocycles. The molecule has 1 unspecified atom stereocenters. The van der Waals surface area contributed by atoms with Gasteiger partial charge in [-0.2, -0.15) is 0 Å². The molecular weight excluding hydrogens is 272 g/mol. The standard InChI is InChI=1S/C15H22N2O4/c1-11(18)13-3-4-14(15(9-13)17(19)20)16(2)10-12-5-7-21-8-6-12/h3-4,9,11-12,18H,5-8,10H2,1-2H3. The number of nitro benzene ring substituents is 1. The number of aliphatic hydroxyl groups is 1. The molecule has 1 heterocycles. The Balaban J connectivity index is 2.18. The van der Waals surface area contributed by atoms with Crippen LogP contribution in [0.1, 0.15) is 31.4 Å². The number of nitro groups is 1. The van der Waals surface area contributed by atoms with Crippen molar-refractivity contribution >= 4 is 11.4 Å². The van der Waals surface area contributed by atoms with E-state index in [-0.39, 0.29) is 10.6 Å². The molecule has 116 valence electrons. The van der Waals surface area contributed by atoms with E-state index in [0.29, 0.717) is 17.2 Å². The maximum atomic E-state index is 11.3. The summed E-state index contributed by atoms with van der Waals surface area (Å²) in [7, 11) is 1.87. The first-order valence-electron chi connectivity index (χ1n) is 7.24. The van der Waals surface area contributed by atoms with Crippen molar-refractivity contribution in [2.24, 2.45) is 5.92 Å². The molecule has 21 heavy (non-hydrogen) atoms. The van der Waals surface area contributed by atoms with E-state index >= 15 is 0 Å². The van der Waals surface area contributed by atoms with Crippen LogP contribution in [0.4, 0.5) is 11.4 Å². The third kappa shape index (κ3) is 3.92. The average Bonchev–Trinajstić information content (AvgIpc) is 2.47. The van der Waals surface area contributed by atoms with Crippen LogP contribution < -0.4 is 4.90 Å². The normalized spacial score (nSPS) is 17.5. The predicted molar refractivity (Wildman–Crippen MR) is 80.5 cm³/mol. The van der Waals surface area contributed by atoms with Gasteiger partial charge in [-0.3, -0.25) is 10.1 Å². The van der Waals surface area contributed by atoms with Crippen molar-refractivity contribution in [3.8, 4) is 0 Å². The van der Waals surface area contributed by atoms with E-state index in [1.54, 1.807) is 19.1 Å². The summed E-state index contributed by atoms with van der Waals surface area (Å²) in [5.74, 6) is 0.500. The fourth-order valence-corrected chi connectivity index (χ4v) is 2.68. The summed E-state index contributed by atoms with van der Waals surface area (Å²) in [5.41, 5.74) is 1.20. The van der Waals surface area contributed by atoms with E-state index in [1.165, 1.54) is 6.07 Å². The van der Waals surface area contributed by atoms with Crippen LogP contribution in [0, 0.1) is 16.0 Å². The highest BCUT2D eigenvalue weighted by molar-refractivity contribution is 5.64. The van der Waals surface area contributed by atoms with Gasteiger partial charge < -0.3 is 14.7 Å². The molecule has 1 aliphatic rings. The van der Waals surface area contributed by atoms with Gasteiger partial charge in [-0.25, -0.2) is 0 Å². The van der Waals surface area contributed by atoms with Crippen molar-refractivity contribution in [3.63, 3.8) is 0 Å². The van der Waals surface area contributed by atoms with Gasteiger partial charge in [0.15, 0.2) is 0 Å². The average molecular weight is 294 g/mol. The van der Waals surface area contributed by atoms with E-state index in [4.69, 9.17) is 4.74 Å². The van der Waals surface area contributed by atoms with Crippen LogP contribution in [-0.4, -0.2) is 36.8 Å². The topological polar surface area (TPSA) is 75.8 Å². The second-order valence-corrected chi connectivity index (χ2v) is 5.62. The summed E-state index contributed by atoms with van der Waals surface area (Å²) in [5, 5.41) is 20.8. The van der Waals surface area contributed by atoms with Crippen molar-refractivity contribution < 1.29 is 14.8 Å². The lowest BCUT2D eigenvalue weighted by molar-refractivity contribution is -0.384. The molecule has 1 aromatic rings. The first kappa shape index (κ1) is 15.7. The molecule has 1 N–H and O–H groups in total. The van der Waals surface area contributed by atoms with Crippen LogP contribution in [0.25, 0.3) is 0 Å². The van der Waals surface area contributed by atoms with E-state index in [0.717, 1.165) is 32.6 Å². The van der Waals surface area contributed by atoms with Gasteiger partial charge in [0.2, 0.25) is 0 Å². The lowest BCUT2D eigenvalue weighted by Crippen LogP contribution is -2.30. The number of ether oxygens (including phenoxy) is 1. The Morgan fingerprint density at radius 2 is 2.14 bits per heavy atom. The second-order valence-electron chi connectivity index (χ2n) is 5.62. The molecule has 1 atom stereocenters. The van der Waals surface area contributed by atoms with Gasteiger partial charge in [-0.05, 0) is 37.3 Å². The summed E-state index contributed by atoms with van der Waals surface area (Å²) in [4.78, 5) is 12.8. The Kier molecular flexibility index (Phi) is 5.14. The molecule has 0 aliphatic carbocycles. The number of rotatable bonds is 5. The second kappa shape index (κ2) is 6.87. The van der Waals surface area contributed by atoms with Crippen LogP contribution in [0.5, 0.6) is 0 Å². The lowest BCUT2D eigenvalue weighted by Gasteiger charge is -2.28. The van der Waals surface area contributed by atoms with Crippen molar-refractivity contribution in [1.82, 2.24) is 0 Å². The summed E-state index contributed by atoms with van der Waals surface area (Å²) >= 11 is 0. The molecule has 1 saturated heterocycles. The number of hydrogen-bond acceptors (Lipinski definition) is 5. The molecule has 6 nitrogen and oxygen atoms in total. The quantitative estimate of drug-likeness (QED) is 0.667. The van der Waals surface area contributed by atoms with Crippen LogP contribution in [0.2, 0.25) is 0 Å². The number of anilines is 1. The van der Waals surface area contributed by atoms with Gasteiger partial charge in [-0.1, -0.05) is 6.07 Å². The molecule has 0 spiro atoms. The zero-order valence-corrected chi connectivity index (χ0v) is 12.5. The van der Waals surface area contributed by atoms with Gasteiger partial charge in [0.1, 0.15) is 5.69 Å². The Labute approximate surface area is 124 Å². The number of nitrogens with zero attached hydrogens (tertiary/aromatic N) is 2. The third-order valence-electron chi connectivity index (χ3n) is 3.96. The predicted octanol–water partition coefficient (Wildman–Crippen LogP) is 2.51. The molecule has 1 aromatic carbocycles. The van der Waals surface area contributed by atoms with Crippen LogP contribution >= 0.6 is 0 Å². The SMILES string of the molecule is CC(O)c1ccc(N(C)CC2CCOCC2)c([N+](=O)[O-])c1. The van der Waals surface area contributed by atoms with E-state index in [1.807, 2.05) is 11.9 Å². The Hall–Kier alpha value is -1.66. The van der Waals surface area contributed by atoms with E-state index in [9.17, 15) is 15.2 Å². The third-order valence-corrected chi connectivity index (χ3v) is 3.96. The summed E-state index contributed by atoms with van der Waals surface area (Å²) in [6.07, 6.45) is 1.27. The fourth-order valence-electron chi connectivity index (χ4n) is 2.68. The number of aliphatic hydroxyl groups excluding tert-OH is 1. The van der Waals surface area contributed by atoms with Gasteiger partial charge >= 0.3 is 0 Å². The Morgan fingerprint density at radius 1 is 1.48 bits per heavy atom. The zero-order valence-electron chi connectivity index (χ0n) is 12.5. The monoisotopic (exact) mass is 294 g/mol. The minimum absolute atomic E-state index is 0.0444. The van der Waals surface area contributed by atoms with Crippen molar-refractivity contribution in [2.75, 3.05) is 31.7 Å². The van der Waals surface area contributed by atoms with Crippen molar-refractivity contribution in [3.05, 3.63) is 33.9 Å². The maximum absolute atomic E-state index is 11.3. The van der Waals surface area contributed by atoms with Crippen LogP contribution in [0.3, 0.4) is 0 Å². The van der Waals surface area contributed by atoms with Crippen LogP contribution in [0.15, 0.2) is 18.2 Å². The van der Waals surface area contributed by atoms with E-state index in [2.05, 4.69) is 0 Å². The molecule has 0 amide bonds. The van der Waals surface area contributed by atoms with Crippen molar-refractivity contribution in [2.45, 2.75) is 25.9 Å². The van der Waals surface area contributed by atoms with Gasteiger partial charge in [0.25, 0.3) is 5.69 Å². The largest absolute Gasteiger partial charge is 0.389 e. The number of benzene rings is 1. The van der Waals surface area contributed by atoms with Gasteiger partial charge in [0, 0.05) is 32.9 Å². The highest BCUT2D eigenvalue weighted by atomic mass is 16.6. The maximum Gasteiger partial charge on any atom is 0.292 e. The minimum atomic E-state index is -0.710.